The minimum atomic E-state index is -1.87. The lowest BCUT2D eigenvalue weighted by molar-refractivity contribution is -0.277. The van der Waals surface area contributed by atoms with Crippen LogP contribution < -0.4 is 0 Å². The van der Waals surface area contributed by atoms with Crippen LogP contribution in [0.1, 0.15) is 59.8 Å². The number of esters is 1. The summed E-state index contributed by atoms with van der Waals surface area (Å²) in [5.41, 5.74) is -1.87. The molecule has 21 heavy (non-hydrogen) atoms. The van der Waals surface area contributed by atoms with Gasteiger partial charge in [0.2, 0.25) is 5.60 Å². The predicted molar refractivity (Wildman–Crippen MR) is 72.8 cm³/mol. The molecule has 0 radical (unpaired) electrons. The standard InChI is InChI=1S/C14H24O7/c1-5-7-9-14(10(3)15,19-11(4)16)13(18)21-20-12(17)8-6-2/h10,15H,5-9H2,1-4H3. The molecule has 0 spiro atoms. The Morgan fingerprint density at radius 3 is 2.19 bits per heavy atom. The first-order valence-electron chi connectivity index (χ1n) is 7.09. The van der Waals surface area contributed by atoms with Crippen LogP contribution in [-0.4, -0.2) is 34.7 Å². The minimum Gasteiger partial charge on any atom is -0.444 e. The van der Waals surface area contributed by atoms with Crippen molar-refractivity contribution >= 4 is 17.9 Å². The first kappa shape index (κ1) is 19.4. The number of aliphatic hydroxyl groups is 1. The van der Waals surface area contributed by atoms with E-state index in [0.717, 1.165) is 13.3 Å². The van der Waals surface area contributed by atoms with Gasteiger partial charge in [-0.15, -0.1) is 0 Å². The van der Waals surface area contributed by atoms with Gasteiger partial charge in [-0.2, -0.15) is 0 Å². The zero-order valence-electron chi connectivity index (χ0n) is 13.0. The third-order valence-electron chi connectivity index (χ3n) is 2.91. The fraction of sp³-hybridized carbons (Fsp3) is 0.786. The Hall–Kier alpha value is -1.63. The van der Waals surface area contributed by atoms with Crippen molar-refractivity contribution in [1.82, 2.24) is 0 Å². The van der Waals surface area contributed by atoms with E-state index in [1.165, 1.54) is 6.92 Å². The van der Waals surface area contributed by atoms with Crippen LogP contribution in [0.15, 0.2) is 0 Å². The summed E-state index contributed by atoms with van der Waals surface area (Å²) in [6.07, 6.45) is 0.653. The lowest BCUT2D eigenvalue weighted by atomic mass is 9.91. The maximum atomic E-state index is 12.1. The van der Waals surface area contributed by atoms with Gasteiger partial charge < -0.3 is 9.84 Å². The van der Waals surface area contributed by atoms with E-state index in [1.54, 1.807) is 6.92 Å². The Morgan fingerprint density at radius 2 is 1.76 bits per heavy atom. The van der Waals surface area contributed by atoms with Crippen LogP contribution >= 0.6 is 0 Å². The fourth-order valence-corrected chi connectivity index (χ4v) is 1.76. The topological polar surface area (TPSA) is 99.1 Å². The number of ether oxygens (including phenoxy) is 1. The molecule has 0 saturated heterocycles. The van der Waals surface area contributed by atoms with Gasteiger partial charge in [-0.1, -0.05) is 20.3 Å². The summed E-state index contributed by atoms with van der Waals surface area (Å²) in [5, 5.41) is 9.86. The predicted octanol–water partition coefficient (Wildman–Crippen LogP) is 1.66. The van der Waals surface area contributed by atoms with Crippen molar-refractivity contribution < 1.29 is 34.0 Å². The molecule has 2 atom stereocenters. The van der Waals surface area contributed by atoms with Crippen molar-refractivity contribution in [1.29, 1.82) is 0 Å². The largest absolute Gasteiger partial charge is 0.444 e. The van der Waals surface area contributed by atoms with Gasteiger partial charge in [0, 0.05) is 19.8 Å². The molecule has 0 aromatic heterocycles. The van der Waals surface area contributed by atoms with E-state index in [4.69, 9.17) is 4.74 Å². The minimum absolute atomic E-state index is 0.0743. The Kier molecular flexibility index (Phi) is 8.61. The molecule has 0 aromatic carbocycles. The molecule has 7 nitrogen and oxygen atoms in total. The lowest BCUT2D eigenvalue weighted by Gasteiger charge is -2.32. The summed E-state index contributed by atoms with van der Waals surface area (Å²) in [7, 11) is 0. The van der Waals surface area contributed by atoms with Crippen LogP contribution in [0.5, 0.6) is 0 Å². The zero-order chi connectivity index (χ0) is 16.5. The van der Waals surface area contributed by atoms with E-state index in [2.05, 4.69) is 9.78 Å². The summed E-state index contributed by atoms with van der Waals surface area (Å²) in [4.78, 5) is 43.4. The van der Waals surface area contributed by atoms with Gasteiger partial charge in [-0.3, -0.25) is 4.79 Å². The van der Waals surface area contributed by atoms with Gasteiger partial charge in [0.25, 0.3) is 0 Å². The number of unbranched alkanes of at least 4 members (excludes halogenated alkanes) is 1. The molecule has 0 amide bonds. The molecular weight excluding hydrogens is 280 g/mol. The van der Waals surface area contributed by atoms with E-state index in [-0.39, 0.29) is 12.8 Å². The number of rotatable bonds is 8. The maximum absolute atomic E-state index is 12.1. The summed E-state index contributed by atoms with van der Waals surface area (Å²) in [6, 6.07) is 0. The van der Waals surface area contributed by atoms with Gasteiger partial charge in [0.05, 0.1) is 0 Å². The molecule has 1 N–H and O–H groups in total. The summed E-state index contributed by atoms with van der Waals surface area (Å²) in [6.45, 7) is 6.09. The van der Waals surface area contributed by atoms with E-state index in [9.17, 15) is 19.5 Å². The fourth-order valence-electron chi connectivity index (χ4n) is 1.76. The molecule has 122 valence electrons. The molecule has 0 aliphatic heterocycles. The van der Waals surface area contributed by atoms with E-state index >= 15 is 0 Å². The number of hydrogen-bond donors (Lipinski definition) is 1. The van der Waals surface area contributed by atoms with Crippen molar-refractivity contribution in [2.45, 2.75) is 71.5 Å². The second kappa shape index (κ2) is 9.33. The Balaban J connectivity index is 5.02. The highest BCUT2D eigenvalue weighted by Gasteiger charge is 2.49. The number of aliphatic hydroxyl groups excluding tert-OH is 1. The summed E-state index contributed by atoms with van der Waals surface area (Å²) in [5.74, 6) is -2.53. The molecule has 0 saturated carbocycles. The second-order valence-corrected chi connectivity index (χ2v) is 4.84. The smallest absolute Gasteiger partial charge is 0.401 e. The average molecular weight is 304 g/mol. The lowest BCUT2D eigenvalue weighted by Crippen LogP contribution is -2.52. The van der Waals surface area contributed by atoms with Crippen LogP contribution in [0.25, 0.3) is 0 Å². The van der Waals surface area contributed by atoms with Crippen molar-refractivity contribution in [3.8, 4) is 0 Å². The average Bonchev–Trinajstić information content (AvgIpc) is 2.40. The molecule has 0 aromatic rings. The quantitative estimate of drug-likeness (QED) is 0.413. The first-order valence-corrected chi connectivity index (χ1v) is 7.09. The molecule has 0 heterocycles. The number of hydrogen-bond acceptors (Lipinski definition) is 7. The van der Waals surface area contributed by atoms with Crippen molar-refractivity contribution in [3.63, 3.8) is 0 Å². The Labute approximate surface area is 124 Å². The monoisotopic (exact) mass is 304 g/mol. The molecule has 2 unspecified atom stereocenters. The van der Waals surface area contributed by atoms with E-state index < -0.39 is 29.6 Å². The molecular formula is C14H24O7. The van der Waals surface area contributed by atoms with Crippen molar-refractivity contribution in [2.75, 3.05) is 0 Å². The molecule has 0 fully saturated rings. The van der Waals surface area contributed by atoms with Crippen LogP contribution in [-0.2, 0) is 28.9 Å². The highest BCUT2D eigenvalue weighted by Crippen LogP contribution is 2.26. The van der Waals surface area contributed by atoms with Gasteiger partial charge >= 0.3 is 17.9 Å². The normalized spacial score (nSPS) is 14.7. The van der Waals surface area contributed by atoms with Gasteiger partial charge in [0.15, 0.2) is 0 Å². The highest BCUT2D eigenvalue weighted by molar-refractivity contribution is 5.84. The van der Waals surface area contributed by atoms with Gasteiger partial charge in [-0.05, 0) is 19.8 Å². The first-order chi connectivity index (χ1) is 9.80. The molecule has 7 heteroatoms. The second-order valence-electron chi connectivity index (χ2n) is 4.84. The Bertz CT molecular complexity index is 364. The highest BCUT2D eigenvalue weighted by atomic mass is 17.2. The molecule has 0 rings (SSSR count). The van der Waals surface area contributed by atoms with Crippen molar-refractivity contribution in [3.05, 3.63) is 0 Å². The SMILES string of the molecule is CCCCC(OC(C)=O)(C(=O)OOC(=O)CCC)C(C)O. The van der Waals surface area contributed by atoms with Crippen LogP contribution in [0.4, 0.5) is 0 Å². The zero-order valence-corrected chi connectivity index (χ0v) is 13.0. The van der Waals surface area contributed by atoms with Crippen LogP contribution in [0.2, 0.25) is 0 Å². The third-order valence-corrected chi connectivity index (χ3v) is 2.91. The van der Waals surface area contributed by atoms with Crippen LogP contribution in [0, 0.1) is 0 Å². The molecule has 0 aliphatic rings. The van der Waals surface area contributed by atoms with E-state index in [0.29, 0.717) is 12.8 Å². The number of carbonyl (C=O) groups excluding carboxylic acids is 3. The maximum Gasteiger partial charge on any atom is 0.401 e. The molecule has 0 bridgehead atoms. The summed E-state index contributed by atoms with van der Waals surface area (Å²) < 4.78 is 5.00. The van der Waals surface area contributed by atoms with Gasteiger partial charge in [-0.25, -0.2) is 19.4 Å². The summed E-state index contributed by atoms with van der Waals surface area (Å²) >= 11 is 0. The Morgan fingerprint density at radius 1 is 1.14 bits per heavy atom. The van der Waals surface area contributed by atoms with E-state index in [1.807, 2.05) is 6.92 Å². The third kappa shape index (κ3) is 6.12. The number of carbonyl (C=O) groups is 3. The van der Waals surface area contributed by atoms with Crippen LogP contribution in [0.3, 0.4) is 0 Å². The van der Waals surface area contributed by atoms with Gasteiger partial charge in [0.1, 0.15) is 6.10 Å². The molecule has 0 aliphatic carbocycles. The van der Waals surface area contributed by atoms with Crippen molar-refractivity contribution in [2.24, 2.45) is 0 Å².